The zero-order chi connectivity index (χ0) is 32.1. The van der Waals surface area contributed by atoms with Gasteiger partial charge in [0.25, 0.3) is 0 Å². The molecule has 1 aromatic rings. The lowest BCUT2D eigenvalue weighted by Crippen LogP contribution is -2.51. The van der Waals surface area contributed by atoms with Crippen LogP contribution in [0.1, 0.15) is 54.4 Å². The van der Waals surface area contributed by atoms with Crippen molar-refractivity contribution < 1.29 is 43.7 Å². The molecule has 3 atom stereocenters. The maximum absolute atomic E-state index is 12.4. The first-order chi connectivity index (χ1) is 19.9. The van der Waals surface area contributed by atoms with Crippen molar-refractivity contribution in [1.29, 1.82) is 0 Å². The van der Waals surface area contributed by atoms with Crippen molar-refractivity contribution in [3.8, 4) is 0 Å². The number of nitrogens with zero attached hydrogens (tertiary/aromatic N) is 6. The van der Waals surface area contributed by atoms with Crippen molar-refractivity contribution in [3.63, 3.8) is 0 Å². The fourth-order valence-corrected chi connectivity index (χ4v) is 5.00. The molecular weight excluding hydrogens is 564 g/mol. The summed E-state index contributed by atoms with van der Waals surface area (Å²) in [7, 11) is 0. The zero-order valence-corrected chi connectivity index (χ0v) is 25.6. The van der Waals surface area contributed by atoms with Gasteiger partial charge in [0.1, 0.15) is 23.3 Å². The average molecular weight is 607 g/mol. The number of likely N-dealkylation sites (tertiary alicyclic amines) is 2. The Labute approximate surface area is 250 Å². The molecule has 15 nitrogen and oxygen atoms in total. The van der Waals surface area contributed by atoms with E-state index in [-0.39, 0.29) is 24.8 Å². The highest BCUT2D eigenvalue weighted by Gasteiger charge is 2.44. The molecule has 0 unspecified atom stereocenters. The van der Waals surface area contributed by atoms with Gasteiger partial charge in [-0.25, -0.2) is 29.1 Å². The van der Waals surface area contributed by atoms with E-state index in [1.165, 1.54) is 4.90 Å². The van der Waals surface area contributed by atoms with E-state index in [1.54, 1.807) is 60.0 Å². The Balaban J connectivity index is 0.000000271. The predicted octanol–water partition coefficient (Wildman–Crippen LogP) is 1.71. The van der Waals surface area contributed by atoms with Crippen LogP contribution in [0.4, 0.5) is 15.5 Å². The number of ether oxygens (including phenoxy) is 2. The van der Waals surface area contributed by atoms with Gasteiger partial charge < -0.3 is 24.6 Å². The molecule has 238 valence electrons. The minimum absolute atomic E-state index is 0.0115. The van der Waals surface area contributed by atoms with Crippen molar-refractivity contribution >= 4 is 35.9 Å². The Bertz CT molecular complexity index is 1180. The number of carbonyl (C=O) groups excluding carboxylic acids is 3. The van der Waals surface area contributed by atoms with Crippen molar-refractivity contribution in [1.82, 2.24) is 24.7 Å². The molecular formula is C28H42N6O9. The first kappa shape index (κ1) is 33.5. The minimum atomic E-state index is -1.18. The molecule has 4 heterocycles. The Morgan fingerprint density at radius 3 is 1.81 bits per heavy atom. The molecule has 3 aliphatic rings. The average Bonchev–Trinajstić information content (AvgIpc) is 3.53. The minimum Gasteiger partial charge on any atom is -0.480 e. The van der Waals surface area contributed by atoms with E-state index in [4.69, 9.17) is 14.6 Å². The summed E-state index contributed by atoms with van der Waals surface area (Å²) in [6.45, 7) is 13.6. The normalized spacial score (nSPS) is 23.0. The van der Waals surface area contributed by atoms with Crippen LogP contribution in [0.3, 0.4) is 0 Å². The number of Topliss-reactive ketones (excluding diaryl/α,β-unsaturated/α-hetero) is 1. The summed E-state index contributed by atoms with van der Waals surface area (Å²) in [5.41, 5.74) is -1.36. The number of amides is 2. The number of carboxylic acids is 2. The van der Waals surface area contributed by atoms with Gasteiger partial charge in [-0.2, -0.15) is 0 Å². The quantitative estimate of drug-likeness (QED) is 0.506. The molecule has 0 bridgehead atoms. The Hall–Kier alpha value is -4.01. The number of rotatable bonds is 4. The number of aromatic nitrogens is 2. The highest BCUT2D eigenvalue weighted by molar-refractivity contribution is 5.95. The van der Waals surface area contributed by atoms with Crippen LogP contribution >= 0.6 is 0 Å². The van der Waals surface area contributed by atoms with Crippen LogP contribution in [0.5, 0.6) is 0 Å². The van der Waals surface area contributed by atoms with Gasteiger partial charge in [-0.15, -0.1) is 0 Å². The van der Waals surface area contributed by atoms with Crippen molar-refractivity contribution in [3.05, 3.63) is 18.5 Å². The molecule has 3 saturated heterocycles. The van der Waals surface area contributed by atoms with Crippen LogP contribution in [0.2, 0.25) is 0 Å². The smallest absolute Gasteiger partial charge is 0.411 e. The van der Waals surface area contributed by atoms with Crippen LogP contribution in [0.25, 0.3) is 0 Å². The summed E-state index contributed by atoms with van der Waals surface area (Å²) in [5, 5.41) is 18.4. The molecule has 2 amide bonds. The van der Waals surface area contributed by atoms with Crippen molar-refractivity contribution in [2.24, 2.45) is 0 Å². The number of carboxylic acid groups (broad SMARTS) is 2. The first-order valence-electron chi connectivity index (χ1n) is 14.2. The van der Waals surface area contributed by atoms with E-state index in [2.05, 4.69) is 19.8 Å². The number of ketones is 1. The van der Waals surface area contributed by atoms with Crippen molar-refractivity contribution in [2.45, 2.75) is 83.7 Å². The Kier molecular flexibility index (Phi) is 10.5. The third-order valence-corrected chi connectivity index (χ3v) is 6.91. The Morgan fingerprint density at radius 1 is 0.814 bits per heavy atom. The molecule has 15 heteroatoms. The molecule has 2 N–H and O–H groups in total. The number of hydrogen-bond donors (Lipinski definition) is 2. The van der Waals surface area contributed by atoms with E-state index in [0.29, 0.717) is 18.9 Å². The van der Waals surface area contributed by atoms with Crippen molar-refractivity contribution in [2.75, 3.05) is 44.2 Å². The van der Waals surface area contributed by atoms with E-state index < -0.39 is 47.4 Å². The molecule has 0 aromatic carbocycles. The summed E-state index contributed by atoms with van der Waals surface area (Å²) in [5.74, 6) is -1.72. The Morgan fingerprint density at radius 2 is 1.33 bits per heavy atom. The van der Waals surface area contributed by atoms with Crippen LogP contribution in [0, 0.1) is 0 Å². The summed E-state index contributed by atoms with van der Waals surface area (Å²) >= 11 is 0. The standard InChI is InChI=1S/C18H27N5O4.C10H15NO5/c1-18(2,3)27-17(26)23-12-13(11-14(23)15(24)25)21-7-9-22(10-8-21)16-19-5-4-6-20-16;1-10(2,3)16-9(15)11-5-6(12)4-7(11)8(13)14/h4-6,13-14H,7-12H2,1-3H3,(H,24,25);7H,4-5H2,1-3H3,(H,13,14)/t13-,14-;7-/m00/s1. The molecule has 43 heavy (non-hydrogen) atoms. The lowest BCUT2D eigenvalue weighted by atomic mass is 10.1. The highest BCUT2D eigenvalue weighted by atomic mass is 16.6. The highest BCUT2D eigenvalue weighted by Crippen LogP contribution is 2.26. The van der Waals surface area contributed by atoms with Gasteiger partial charge in [0.2, 0.25) is 5.95 Å². The van der Waals surface area contributed by atoms with Gasteiger partial charge in [0.15, 0.2) is 5.78 Å². The third-order valence-electron chi connectivity index (χ3n) is 6.91. The monoisotopic (exact) mass is 606 g/mol. The second-order valence-corrected chi connectivity index (χ2v) is 12.7. The van der Waals surface area contributed by atoms with Crippen LogP contribution in [-0.4, -0.2) is 133 Å². The van der Waals surface area contributed by atoms with Crippen LogP contribution in [-0.2, 0) is 23.9 Å². The second-order valence-electron chi connectivity index (χ2n) is 12.7. The van der Waals surface area contributed by atoms with E-state index in [9.17, 15) is 29.1 Å². The van der Waals surface area contributed by atoms with Gasteiger partial charge in [0.05, 0.1) is 6.54 Å². The topological polar surface area (TPSA) is 183 Å². The number of hydrogen-bond acceptors (Lipinski definition) is 11. The lowest BCUT2D eigenvalue weighted by molar-refractivity contribution is -0.142. The predicted molar refractivity (Wildman–Crippen MR) is 153 cm³/mol. The van der Waals surface area contributed by atoms with Crippen LogP contribution < -0.4 is 4.90 Å². The number of anilines is 1. The summed E-state index contributed by atoms with van der Waals surface area (Å²) in [4.78, 5) is 72.9. The summed E-state index contributed by atoms with van der Waals surface area (Å²) in [6, 6.07) is -0.143. The third kappa shape index (κ3) is 9.49. The number of aliphatic carboxylic acids is 2. The fraction of sp³-hybridized carbons (Fsp3) is 0.679. The summed E-state index contributed by atoms with van der Waals surface area (Å²) < 4.78 is 10.4. The second kappa shape index (κ2) is 13.5. The molecule has 3 fully saturated rings. The summed E-state index contributed by atoms with van der Waals surface area (Å²) in [6.07, 6.45) is 2.40. The number of piperazine rings is 1. The van der Waals surface area contributed by atoms with Gasteiger partial charge in [-0.05, 0) is 54.0 Å². The van der Waals surface area contributed by atoms with E-state index in [0.717, 1.165) is 31.1 Å². The molecule has 0 aliphatic carbocycles. The molecule has 4 rings (SSSR count). The van der Waals surface area contributed by atoms with Gasteiger partial charge >= 0.3 is 24.1 Å². The SMILES string of the molecule is CC(C)(C)OC(=O)N1CC(=O)C[C@H]1C(=O)O.CC(C)(C)OC(=O)N1C[C@@H](N2CCN(c3ncccn3)CC2)C[C@H]1C(=O)O. The maximum atomic E-state index is 12.4. The first-order valence-corrected chi connectivity index (χ1v) is 14.2. The van der Waals surface area contributed by atoms with Crippen LogP contribution in [0.15, 0.2) is 18.5 Å². The zero-order valence-electron chi connectivity index (χ0n) is 25.6. The van der Waals surface area contributed by atoms with Gasteiger partial charge in [0, 0.05) is 57.6 Å². The molecule has 0 radical (unpaired) electrons. The van der Waals surface area contributed by atoms with Gasteiger partial charge in [-0.1, -0.05) is 0 Å². The number of carbonyl (C=O) groups is 5. The maximum Gasteiger partial charge on any atom is 0.411 e. The van der Waals surface area contributed by atoms with E-state index >= 15 is 0 Å². The fourth-order valence-electron chi connectivity index (χ4n) is 5.00. The van der Waals surface area contributed by atoms with E-state index in [1.807, 2.05) is 0 Å². The molecule has 0 spiro atoms. The van der Waals surface area contributed by atoms with Gasteiger partial charge in [-0.3, -0.25) is 19.5 Å². The largest absolute Gasteiger partial charge is 0.480 e. The molecule has 0 saturated carbocycles. The lowest BCUT2D eigenvalue weighted by Gasteiger charge is -2.37. The molecule has 3 aliphatic heterocycles. The molecule has 1 aromatic heterocycles.